The van der Waals surface area contributed by atoms with Crippen molar-refractivity contribution in [3.8, 4) is 11.5 Å². The highest BCUT2D eigenvalue weighted by Crippen LogP contribution is 2.47. The molecule has 164 valence electrons. The summed E-state index contributed by atoms with van der Waals surface area (Å²) in [5, 5.41) is 2.00. The molecule has 0 amide bonds. The lowest BCUT2D eigenvalue weighted by molar-refractivity contribution is -0.149. The van der Waals surface area contributed by atoms with E-state index < -0.39 is 60.7 Å². The number of esters is 1. The van der Waals surface area contributed by atoms with Crippen molar-refractivity contribution >= 4 is 13.7 Å². The molecule has 2 aromatic carbocycles. The second-order valence-electron chi connectivity index (χ2n) is 6.07. The number of carbonyl (C=O) groups is 1. The molecule has 0 radical (unpaired) electrons. The quantitative estimate of drug-likeness (QED) is 0.202. The maximum Gasteiger partial charge on any atom is 0.513 e. The summed E-state index contributed by atoms with van der Waals surface area (Å²) in [6.07, 6.45) is -1.68. The van der Waals surface area contributed by atoms with Crippen LogP contribution in [0.1, 0.15) is 22.1 Å². The van der Waals surface area contributed by atoms with Crippen LogP contribution in [-0.2, 0) is 14.1 Å². The molecule has 2 aromatic rings. The molecule has 0 saturated heterocycles. The van der Waals surface area contributed by atoms with Crippen LogP contribution in [0.5, 0.6) is 11.5 Å². The molecule has 0 unspecified atom stereocenters. The highest BCUT2D eigenvalue weighted by Gasteiger charge is 2.38. The first-order valence-electron chi connectivity index (χ1n) is 8.80. The molecule has 0 aliphatic heterocycles. The maximum absolute atomic E-state index is 14.0. The summed E-state index contributed by atoms with van der Waals surface area (Å²) in [6.45, 7) is 3.54. The third kappa shape index (κ3) is 5.48. The molecule has 0 fully saturated rings. The lowest BCUT2D eigenvalue weighted by Gasteiger charge is -2.24. The van der Waals surface area contributed by atoms with E-state index in [1.54, 1.807) is 6.07 Å². The van der Waals surface area contributed by atoms with E-state index in [1.807, 2.05) is 5.09 Å². The Kier molecular flexibility index (Phi) is 6.94. The van der Waals surface area contributed by atoms with Gasteiger partial charge in [0.2, 0.25) is 34.8 Å². The standard InChI is InChI=1S/C18H17F5NO5P/c1-9(2)27-18(25)10(3)24-30(26,28-11-7-5-4-6-8-11)29-17-15(22)13(20)12(19)14(21)16(17)23/h4-10H,1-3H3,(H,24,26)/t10-,30+/m1/s1/i9D. The van der Waals surface area contributed by atoms with Gasteiger partial charge >= 0.3 is 13.7 Å². The molecule has 30 heavy (non-hydrogen) atoms. The number of nitrogens with one attached hydrogen (secondary N) is 1. The Bertz CT molecular complexity index is 990. The van der Waals surface area contributed by atoms with Gasteiger partial charge in [0.1, 0.15) is 11.8 Å². The first-order valence-corrected chi connectivity index (χ1v) is 9.84. The van der Waals surface area contributed by atoms with Gasteiger partial charge in [-0.05, 0) is 32.9 Å². The zero-order valence-corrected chi connectivity index (χ0v) is 16.7. The van der Waals surface area contributed by atoms with E-state index in [1.165, 1.54) is 38.1 Å². The summed E-state index contributed by atoms with van der Waals surface area (Å²) in [5.41, 5.74) is 0. The highest BCUT2D eigenvalue weighted by molar-refractivity contribution is 7.52. The Morgan fingerprint density at radius 3 is 1.93 bits per heavy atom. The SMILES string of the molecule is [2H]C(C)(C)OC(=O)[C@@H](C)N[P@](=O)(Oc1ccccc1)Oc1c(F)c(F)c(F)c(F)c1F. The topological polar surface area (TPSA) is 73.9 Å². The van der Waals surface area contributed by atoms with Crippen LogP contribution in [0.25, 0.3) is 0 Å². The van der Waals surface area contributed by atoms with Crippen LogP contribution in [0.3, 0.4) is 0 Å². The van der Waals surface area contributed by atoms with E-state index in [-0.39, 0.29) is 5.75 Å². The molecule has 6 nitrogen and oxygen atoms in total. The Morgan fingerprint density at radius 1 is 0.933 bits per heavy atom. The summed E-state index contributed by atoms with van der Waals surface area (Å²) in [4.78, 5) is 12.1. The van der Waals surface area contributed by atoms with Gasteiger partial charge in [0.05, 0.1) is 7.45 Å². The van der Waals surface area contributed by atoms with Crippen LogP contribution in [0.4, 0.5) is 22.0 Å². The molecular formula is C18H17F5NO5P. The average Bonchev–Trinajstić information content (AvgIpc) is 2.67. The number of ether oxygens (including phenoxy) is 1. The zero-order chi connectivity index (χ0) is 23.6. The second-order valence-corrected chi connectivity index (χ2v) is 7.69. The van der Waals surface area contributed by atoms with Gasteiger partial charge in [0.25, 0.3) is 0 Å². The van der Waals surface area contributed by atoms with E-state index in [0.717, 1.165) is 6.92 Å². The summed E-state index contributed by atoms with van der Waals surface area (Å²) < 4.78 is 103. The predicted octanol–water partition coefficient (Wildman–Crippen LogP) is 4.88. The van der Waals surface area contributed by atoms with Gasteiger partial charge in [-0.1, -0.05) is 18.2 Å². The summed E-state index contributed by atoms with van der Waals surface area (Å²) in [5.74, 6) is -15.1. The van der Waals surface area contributed by atoms with E-state index in [0.29, 0.717) is 0 Å². The molecule has 0 aromatic heterocycles. The lowest BCUT2D eigenvalue weighted by Crippen LogP contribution is -2.37. The van der Waals surface area contributed by atoms with Gasteiger partial charge in [-0.2, -0.15) is 13.9 Å². The normalized spacial score (nSPS) is 15.0. The molecular weight excluding hydrogens is 436 g/mol. The molecule has 0 aliphatic rings. The molecule has 0 saturated carbocycles. The van der Waals surface area contributed by atoms with Gasteiger partial charge in [-0.25, -0.2) is 17.7 Å². The first kappa shape index (κ1) is 22.0. The van der Waals surface area contributed by atoms with E-state index in [4.69, 9.17) is 10.6 Å². The predicted molar refractivity (Wildman–Crippen MR) is 95.4 cm³/mol. The van der Waals surface area contributed by atoms with Crippen molar-refractivity contribution < 1.29 is 46.5 Å². The Hall–Kier alpha value is -2.65. The van der Waals surface area contributed by atoms with Crippen molar-refractivity contribution in [2.45, 2.75) is 32.9 Å². The van der Waals surface area contributed by atoms with Crippen LogP contribution in [-0.4, -0.2) is 18.1 Å². The smallest absolute Gasteiger partial charge is 0.462 e. The number of rotatable bonds is 8. The average molecular weight is 454 g/mol. The van der Waals surface area contributed by atoms with Crippen LogP contribution in [0.15, 0.2) is 30.3 Å². The lowest BCUT2D eigenvalue weighted by atomic mass is 10.3. The fourth-order valence-electron chi connectivity index (χ4n) is 2.06. The third-order valence-corrected chi connectivity index (χ3v) is 4.94. The minimum atomic E-state index is -5.00. The number of hydrogen-bond acceptors (Lipinski definition) is 5. The minimum absolute atomic E-state index is 0.177. The number of hydrogen-bond donors (Lipinski definition) is 1. The Labute approximate surface area is 169 Å². The van der Waals surface area contributed by atoms with E-state index in [9.17, 15) is 31.3 Å². The molecule has 2 atom stereocenters. The molecule has 0 heterocycles. The largest absolute Gasteiger partial charge is 0.513 e. The van der Waals surface area contributed by atoms with Crippen molar-refractivity contribution in [2.75, 3.05) is 0 Å². The second kappa shape index (κ2) is 9.44. The minimum Gasteiger partial charge on any atom is -0.462 e. The van der Waals surface area contributed by atoms with Crippen molar-refractivity contribution in [3.05, 3.63) is 59.4 Å². The fourth-order valence-corrected chi connectivity index (χ4v) is 3.58. The summed E-state index contributed by atoms with van der Waals surface area (Å²) >= 11 is 0. The van der Waals surface area contributed by atoms with Gasteiger partial charge in [0, 0.05) is 0 Å². The molecule has 2 rings (SSSR count). The summed E-state index contributed by atoms with van der Waals surface area (Å²) in [7, 11) is -5.00. The third-order valence-electron chi connectivity index (χ3n) is 3.36. The number of benzene rings is 2. The molecule has 12 heteroatoms. The molecule has 0 spiro atoms. The highest BCUT2D eigenvalue weighted by atomic mass is 31.2. The molecule has 0 aliphatic carbocycles. The van der Waals surface area contributed by atoms with Gasteiger partial charge in [-0.3, -0.25) is 4.79 Å². The van der Waals surface area contributed by atoms with E-state index in [2.05, 4.69) is 4.52 Å². The van der Waals surface area contributed by atoms with E-state index >= 15 is 0 Å². The van der Waals surface area contributed by atoms with Crippen molar-refractivity contribution in [1.82, 2.24) is 5.09 Å². The fraction of sp³-hybridized carbons (Fsp3) is 0.278. The first-order chi connectivity index (χ1) is 14.2. The summed E-state index contributed by atoms with van der Waals surface area (Å²) in [6, 6.07) is 5.38. The maximum atomic E-state index is 14.0. The van der Waals surface area contributed by atoms with Crippen LogP contribution >= 0.6 is 7.75 Å². The van der Waals surface area contributed by atoms with Crippen molar-refractivity contribution in [1.29, 1.82) is 0 Å². The van der Waals surface area contributed by atoms with Crippen LogP contribution in [0.2, 0.25) is 0 Å². The zero-order valence-electron chi connectivity index (χ0n) is 16.8. The molecule has 0 bridgehead atoms. The Morgan fingerprint density at radius 2 is 1.43 bits per heavy atom. The number of halogens is 5. The Balaban J connectivity index is 2.44. The number of para-hydroxylation sites is 1. The molecule has 1 N–H and O–H groups in total. The van der Waals surface area contributed by atoms with Crippen molar-refractivity contribution in [3.63, 3.8) is 0 Å². The van der Waals surface area contributed by atoms with Gasteiger partial charge < -0.3 is 13.8 Å². The number of carbonyl (C=O) groups excluding carboxylic acids is 1. The van der Waals surface area contributed by atoms with Gasteiger partial charge in [0.15, 0.2) is 0 Å². The van der Waals surface area contributed by atoms with Crippen LogP contribution < -0.4 is 14.1 Å². The van der Waals surface area contributed by atoms with Gasteiger partial charge in [-0.15, -0.1) is 0 Å². The monoisotopic (exact) mass is 454 g/mol. The van der Waals surface area contributed by atoms with Crippen molar-refractivity contribution in [2.24, 2.45) is 0 Å². The van der Waals surface area contributed by atoms with Crippen LogP contribution in [0, 0.1) is 29.1 Å².